The number of carbonyl (C=O) groups is 2. The lowest BCUT2D eigenvalue weighted by Crippen LogP contribution is -2.32. The Morgan fingerprint density at radius 2 is 1.39 bits per heavy atom. The van der Waals surface area contributed by atoms with E-state index in [0.29, 0.717) is 12.2 Å². The molecule has 7 heteroatoms. The maximum absolute atomic E-state index is 13.1. The third-order valence-electron chi connectivity index (χ3n) is 6.37. The number of rotatable bonds is 12. The van der Waals surface area contributed by atoms with Gasteiger partial charge in [-0.2, -0.15) is 5.10 Å². The third-order valence-corrected chi connectivity index (χ3v) is 6.37. The Morgan fingerprint density at radius 1 is 0.780 bits per heavy atom. The molecule has 0 saturated carbocycles. The number of hydrogen-bond donors (Lipinski definition) is 2. The molecule has 4 aromatic rings. The number of benzene rings is 4. The molecule has 0 heterocycles. The summed E-state index contributed by atoms with van der Waals surface area (Å²) in [6.45, 7) is 6.48. The average Bonchev–Trinajstić information content (AvgIpc) is 3.02. The summed E-state index contributed by atoms with van der Waals surface area (Å²) in [7, 11) is 0. The smallest absolute Gasteiger partial charge is 0.287 e. The summed E-state index contributed by atoms with van der Waals surface area (Å²) in [6.07, 6.45) is 3.17. The van der Waals surface area contributed by atoms with Gasteiger partial charge in [-0.1, -0.05) is 60.7 Å². The number of ether oxygens (including phenoxy) is 1. The largest absolute Gasteiger partial charge is 0.489 e. The van der Waals surface area contributed by atoms with Crippen LogP contribution in [0, 0.1) is 0 Å². The van der Waals surface area contributed by atoms with Gasteiger partial charge >= 0.3 is 0 Å². The van der Waals surface area contributed by atoms with Crippen LogP contribution in [-0.4, -0.2) is 31.1 Å². The van der Waals surface area contributed by atoms with Crippen LogP contribution < -0.4 is 20.4 Å². The number of nitrogens with zero attached hydrogens (tertiary/aromatic N) is 2. The molecule has 0 saturated heterocycles. The van der Waals surface area contributed by atoms with Crippen LogP contribution in [0.15, 0.2) is 120 Å². The van der Waals surface area contributed by atoms with Crippen molar-refractivity contribution in [3.05, 3.63) is 137 Å². The van der Waals surface area contributed by atoms with Crippen LogP contribution in [0.25, 0.3) is 6.08 Å². The minimum Gasteiger partial charge on any atom is -0.489 e. The van der Waals surface area contributed by atoms with Gasteiger partial charge in [0.15, 0.2) is 0 Å². The summed E-state index contributed by atoms with van der Waals surface area (Å²) in [6, 6.07) is 33.9. The van der Waals surface area contributed by atoms with E-state index in [-0.39, 0.29) is 11.6 Å². The normalized spacial score (nSPS) is 11.2. The van der Waals surface area contributed by atoms with E-state index in [4.69, 9.17) is 4.74 Å². The van der Waals surface area contributed by atoms with Crippen molar-refractivity contribution in [2.24, 2.45) is 5.10 Å². The van der Waals surface area contributed by atoms with Crippen molar-refractivity contribution in [2.75, 3.05) is 18.0 Å². The van der Waals surface area contributed by atoms with Gasteiger partial charge < -0.3 is 15.0 Å². The zero-order valence-corrected chi connectivity index (χ0v) is 23.3. The molecule has 0 fully saturated rings. The van der Waals surface area contributed by atoms with Gasteiger partial charge in [-0.05, 0) is 85.1 Å². The molecule has 2 N–H and O–H groups in total. The monoisotopic (exact) mass is 546 g/mol. The number of amides is 2. The number of hydrogen-bond acceptors (Lipinski definition) is 5. The SMILES string of the molecule is CCN(CC)c1ccc(/C=C(/NC(=O)c2ccccc2)C(=O)N/N=C\c2ccc(OCc3ccccc3)cc2)cc1. The van der Waals surface area contributed by atoms with Gasteiger partial charge in [0.2, 0.25) is 0 Å². The van der Waals surface area contributed by atoms with Crippen molar-refractivity contribution < 1.29 is 14.3 Å². The highest BCUT2D eigenvalue weighted by Crippen LogP contribution is 2.17. The van der Waals surface area contributed by atoms with Crippen LogP contribution >= 0.6 is 0 Å². The molecule has 208 valence electrons. The van der Waals surface area contributed by atoms with Gasteiger partial charge in [-0.15, -0.1) is 0 Å². The molecule has 2 amide bonds. The molecule has 7 nitrogen and oxygen atoms in total. The van der Waals surface area contributed by atoms with Crippen LogP contribution in [0.2, 0.25) is 0 Å². The fourth-order valence-electron chi connectivity index (χ4n) is 4.10. The third kappa shape index (κ3) is 8.66. The van der Waals surface area contributed by atoms with Crippen molar-refractivity contribution in [1.29, 1.82) is 0 Å². The van der Waals surface area contributed by atoms with Crippen molar-refractivity contribution in [2.45, 2.75) is 20.5 Å². The summed E-state index contributed by atoms with van der Waals surface area (Å²) in [5.74, 6) is -0.195. The fraction of sp³-hybridized carbons (Fsp3) is 0.147. The van der Waals surface area contributed by atoms with Crippen LogP contribution in [-0.2, 0) is 11.4 Å². The van der Waals surface area contributed by atoms with E-state index in [2.05, 4.69) is 34.6 Å². The van der Waals surface area contributed by atoms with Gasteiger partial charge in [0.05, 0.1) is 6.21 Å². The number of carbonyl (C=O) groups excluding carboxylic acids is 2. The highest BCUT2D eigenvalue weighted by Gasteiger charge is 2.14. The number of nitrogens with one attached hydrogen (secondary N) is 2. The van der Waals surface area contributed by atoms with Crippen LogP contribution in [0.4, 0.5) is 5.69 Å². The molecule has 0 unspecified atom stereocenters. The molecule has 0 spiro atoms. The standard InChI is InChI=1S/C34H34N4O3/c1-3-38(4-2)30-19-15-26(16-20-30)23-32(36-33(39)29-13-9-6-10-14-29)34(40)37-35-24-27-17-21-31(22-18-27)41-25-28-11-7-5-8-12-28/h5-24H,3-4,25H2,1-2H3,(H,36,39)(H,37,40)/b32-23+,35-24-. The minimum absolute atomic E-state index is 0.0799. The number of hydrazone groups is 1. The molecular weight excluding hydrogens is 512 g/mol. The van der Waals surface area contributed by atoms with E-state index in [1.807, 2.05) is 84.9 Å². The zero-order valence-electron chi connectivity index (χ0n) is 23.3. The van der Waals surface area contributed by atoms with Gasteiger partial charge in [-0.25, -0.2) is 5.43 Å². The van der Waals surface area contributed by atoms with Gasteiger partial charge in [-0.3, -0.25) is 9.59 Å². The molecule has 0 atom stereocenters. The Kier molecular flexibility index (Phi) is 10.4. The van der Waals surface area contributed by atoms with Crippen molar-refractivity contribution in [3.8, 4) is 5.75 Å². The van der Waals surface area contributed by atoms with Crippen molar-refractivity contribution in [1.82, 2.24) is 10.7 Å². The predicted molar refractivity (Wildman–Crippen MR) is 165 cm³/mol. The lowest BCUT2D eigenvalue weighted by atomic mass is 10.1. The van der Waals surface area contributed by atoms with Crippen LogP contribution in [0.1, 0.15) is 40.9 Å². The van der Waals surface area contributed by atoms with E-state index < -0.39 is 5.91 Å². The average molecular weight is 547 g/mol. The topological polar surface area (TPSA) is 83.0 Å². The Bertz CT molecular complexity index is 1460. The quantitative estimate of drug-likeness (QED) is 0.129. The van der Waals surface area contributed by atoms with Crippen LogP contribution in [0.3, 0.4) is 0 Å². The molecule has 0 aromatic heterocycles. The lowest BCUT2D eigenvalue weighted by Gasteiger charge is -2.20. The Balaban J connectivity index is 1.43. The Hall–Kier alpha value is -5.17. The summed E-state index contributed by atoms with van der Waals surface area (Å²) in [5, 5.41) is 6.84. The maximum Gasteiger partial charge on any atom is 0.287 e. The molecule has 0 aliphatic carbocycles. The molecule has 0 aliphatic rings. The lowest BCUT2D eigenvalue weighted by molar-refractivity contribution is -0.117. The first-order valence-corrected chi connectivity index (χ1v) is 13.6. The van der Waals surface area contributed by atoms with Crippen LogP contribution in [0.5, 0.6) is 5.75 Å². The summed E-state index contributed by atoms with van der Waals surface area (Å²) < 4.78 is 5.82. The second-order valence-electron chi connectivity index (χ2n) is 9.18. The van der Waals surface area contributed by atoms with E-state index >= 15 is 0 Å². The van der Waals surface area contributed by atoms with E-state index in [1.165, 1.54) is 6.21 Å². The highest BCUT2D eigenvalue weighted by molar-refractivity contribution is 6.05. The van der Waals surface area contributed by atoms with Gasteiger partial charge in [0.1, 0.15) is 18.1 Å². The first-order valence-electron chi connectivity index (χ1n) is 13.6. The second-order valence-corrected chi connectivity index (χ2v) is 9.18. The van der Waals surface area contributed by atoms with E-state index in [0.717, 1.165) is 41.2 Å². The van der Waals surface area contributed by atoms with Crippen molar-refractivity contribution >= 4 is 29.8 Å². The summed E-state index contributed by atoms with van der Waals surface area (Å²) in [5.41, 5.74) is 6.78. The highest BCUT2D eigenvalue weighted by atomic mass is 16.5. The maximum atomic E-state index is 13.1. The molecule has 4 aromatic carbocycles. The summed E-state index contributed by atoms with van der Waals surface area (Å²) in [4.78, 5) is 28.2. The second kappa shape index (κ2) is 14.8. The van der Waals surface area contributed by atoms with Gasteiger partial charge in [0, 0.05) is 24.3 Å². The Morgan fingerprint density at radius 3 is 2.02 bits per heavy atom. The molecule has 41 heavy (non-hydrogen) atoms. The minimum atomic E-state index is -0.541. The fourth-order valence-corrected chi connectivity index (χ4v) is 4.10. The van der Waals surface area contributed by atoms with E-state index in [9.17, 15) is 9.59 Å². The van der Waals surface area contributed by atoms with Gasteiger partial charge in [0.25, 0.3) is 11.8 Å². The number of anilines is 1. The molecular formula is C34H34N4O3. The summed E-state index contributed by atoms with van der Waals surface area (Å²) >= 11 is 0. The zero-order chi connectivity index (χ0) is 28.9. The molecule has 0 bridgehead atoms. The molecule has 0 radical (unpaired) electrons. The van der Waals surface area contributed by atoms with Crippen molar-refractivity contribution in [3.63, 3.8) is 0 Å². The first kappa shape index (κ1) is 28.8. The van der Waals surface area contributed by atoms with E-state index in [1.54, 1.807) is 30.3 Å². The molecule has 0 aliphatic heterocycles. The first-order chi connectivity index (χ1) is 20.1. The Labute approximate surface area is 241 Å². The predicted octanol–water partition coefficient (Wildman–Crippen LogP) is 6.03. The molecule has 4 rings (SSSR count).